The molecule has 4 nitrogen and oxygen atoms in total. The molecule has 0 bridgehead atoms. The third-order valence-corrected chi connectivity index (χ3v) is 4.95. The first kappa shape index (κ1) is 15.5. The molecule has 0 spiro atoms. The maximum atomic E-state index is 12.1. The number of amides is 1. The quantitative estimate of drug-likeness (QED) is 0.741. The number of carbonyl (C=O) groups is 1. The monoisotopic (exact) mass is 326 g/mol. The minimum Gasteiger partial charge on any atom is -0.483 e. The maximum absolute atomic E-state index is 12.1. The van der Waals surface area contributed by atoms with Gasteiger partial charge in [-0.2, -0.15) is 4.99 Å². The van der Waals surface area contributed by atoms with Crippen LogP contribution < -0.4 is 9.54 Å². The summed E-state index contributed by atoms with van der Waals surface area (Å²) in [6, 6.07) is 13.8. The van der Waals surface area contributed by atoms with Crippen LogP contribution in [0.2, 0.25) is 0 Å². The number of aromatic nitrogens is 1. The van der Waals surface area contributed by atoms with Gasteiger partial charge in [-0.3, -0.25) is 4.79 Å². The summed E-state index contributed by atoms with van der Waals surface area (Å²) in [4.78, 5) is 17.0. The van der Waals surface area contributed by atoms with Gasteiger partial charge in [0.1, 0.15) is 5.75 Å². The molecular weight excluding hydrogens is 308 g/mol. The van der Waals surface area contributed by atoms with Crippen LogP contribution in [0.5, 0.6) is 5.75 Å². The molecule has 0 fully saturated rings. The molecule has 0 aliphatic heterocycles. The predicted octanol–water partition coefficient (Wildman–Crippen LogP) is 3.36. The first-order valence-corrected chi connectivity index (χ1v) is 8.19. The largest absolute Gasteiger partial charge is 0.483 e. The molecule has 0 aliphatic carbocycles. The van der Waals surface area contributed by atoms with E-state index in [-0.39, 0.29) is 12.5 Å². The van der Waals surface area contributed by atoms with Gasteiger partial charge in [-0.25, -0.2) is 0 Å². The first-order valence-electron chi connectivity index (χ1n) is 7.37. The Morgan fingerprint density at radius 1 is 1.17 bits per heavy atom. The summed E-state index contributed by atoms with van der Waals surface area (Å²) in [6.07, 6.45) is 0. The van der Waals surface area contributed by atoms with Crippen LogP contribution in [-0.4, -0.2) is 17.1 Å². The van der Waals surface area contributed by atoms with Crippen LogP contribution in [0, 0.1) is 13.8 Å². The van der Waals surface area contributed by atoms with Crippen LogP contribution in [-0.2, 0) is 11.8 Å². The van der Waals surface area contributed by atoms with Gasteiger partial charge in [0.15, 0.2) is 11.4 Å². The van der Waals surface area contributed by atoms with E-state index in [1.165, 1.54) is 11.3 Å². The van der Waals surface area contributed by atoms with Gasteiger partial charge in [-0.05, 0) is 43.2 Å². The van der Waals surface area contributed by atoms with Crippen molar-refractivity contribution in [1.29, 1.82) is 0 Å². The van der Waals surface area contributed by atoms with Crippen molar-refractivity contribution in [3.63, 3.8) is 0 Å². The Hall–Kier alpha value is -2.40. The topological polar surface area (TPSA) is 43.6 Å². The van der Waals surface area contributed by atoms with E-state index in [2.05, 4.69) is 4.99 Å². The molecule has 2 aromatic carbocycles. The molecule has 0 N–H and O–H groups in total. The van der Waals surface area contributed by atoms with Crippen molar-refractivity contribution >= 4 is 27.5 Å². The summed E-state index contributed by atoms with van der Waals surface area (Å²) in [6.45, 7) is 3.95. The first-order chi connectivity index (χ1) is 11.1. The summed E-state index contributed by atoms with van der Waals surface area (Å²) < 4.78 is 8.65. The number of benzene rings is 2. The highest BCUT2D eigenvalue weighted by Gasteiger charge is 2.07. The lowest BCUT2D eigenvalue weighted by Crippen LogP contribution is -2.17. The van der Waals surface area contributed by atoms with Crippen molar-refractivity contribution in [2.24, 2.45) is 12.0 Å². The highest BCUT2D eigenvalue weighted by atomic mass is 32.1. The minimum atomic E-state index is -0.284. The van der Waals surface area contributed by atoms with E-state index >= 15 is 0 Å². The van der Waals surface area contributed by atoms with Gasteiger partial charge in [-0.1, -0.05) is 35.6 Å². The van der Waals surface area contributed by atoms with Crippen molar-refractivity contribution in [3.8, 4) is 5.75 Å². The van der Waals surface area contributed by atoms with Crippen LogP contribution in [0.25, 0.3) is 10.2 Å². The number of carbonyl (C=O) groups excluding carboxylic acids is 1. The lowest BCUT2D eigenvalue weighted by molar-refractivity contribution is -0.120. The zero-order valence-corrected chi connectivity index (χ0v) is 14.2. The summed E-state index contributed by atoms with van der Waals surface area (Å²) in [7, 11) is 1.91. The van der Waals surface area contributed by atoms with Gasteiger partial charge < -0.3 is 9.30 Å². The zero-order valence-electron chi connectivity index (χ0n) is 13.4. The number of hydrogen-bond acceptors (Lipinski definition) is 3. The average molecular weight is 326 g/mol. The number of aryl methyl sites for hydroxylation is 2. The van der Waals surface area contributed by atoms with E-state index in [0.717, 1.165) is 27.1 Å². The van der Waals surface area contributed by atoms with Gasteiger partial charge in [0.2, 0.25) is 0 Å². The second-order valence-electron chi connectivity index (χ2n) is 5.40. The number of ether oxygens (including phenoxy) is 1. The van der Waals surface area contributed by atoms with Crippen molar-refractivity contribution in [2.45, 2.75) is 13.8 Å². The highest BCUT2D eigenvalue weighted by Crippen LogP contribution is 2.20. The molecule has 118 valence electrons. The van der Waals surface area contributed by atoms with Crippen LogP contribution in [0.3, 0.4) is 0 Å². The van der Waals surface area contributed by atoms with Gasteiger partial charge in [0.25, 0.3) is 5.91 Å². The molecule has 0 saturated carbocycles. The van der Waals surface area contributed by atoms with Crippen molar-refractivity contribution in [3.05, 3.63) is 58.4 Å². The van der Waals surface area contributed by atoms with Gasteiger partial charge >= 0.3 is 0 Å². The molecule has 0 atom stereocenters. The number of nitrogens with zero attached hydrogens (tertiary/aromatic N) is 2. The van der Waals surface area contributed by atoms with Crippen LogP contribution in [0.15, 0.2) is 47.5 Å². The minimum absolute atomic E-state index is 0.0570. The van der Waals surface area contributed by atoms with Gasteiger partial charge in [0, 0.05) is 7.05 Å². The molecule has 0 unspecified atom stereocenters. The second kappa shape index (κ2) is 6.38. The number of fused-ring (bicyclic) bond motifs is 1. The molecule has 1 heterocycles. The van der Waals surface area contributed by atoms with E-state index in [9.17, 15) is 4.79 Å². The molecule has 5 heteroatoms. The third kappa shape index (κ3) is 3.19. The van der Waals surface area contributed by atoms with E-state index in [4.69, 9.17) is 4.74 Å². The van der Waals surface area contributed by atoms with Gasteiger partial charge in [-0.15, -0.1) is 0 Å². The number of thiazole rings is 1. The maximum Gasteiger partial charge on any atom is 0.286 e. The van der Waals surface area contributed by atoms with Crippen LogP contribution in [0.1, 0.15) is 11.1 Å². The molecule has 3 rings (SSSR count). The number of para-hydroxylation sites is 1. The standard InChI is InChI=1S/C18H18N2O2S/c1-12-7-6-9-15(13(12)2)22-11-17(21)19-18-20(3)14-8-4-5-10-16(14)23-18/h4-10H,11H2,1-3H3. The third-order valence-electron chi connectivity index (χ3n) is 3.84. The molecule has 1 aromatic heterocycles. The summed E-state index contributed by atoms with van der Waals surface area (Å²) in [5.41, 5.74) is 3.26. The fourth-order valence-electron chi connectivity index (χ4n) is 2.35. The lowest BCUT2D eigenvalue weighted by atomic mass is 10.1. The highest BCUT2D eigenvalue weighted by molar-refractivity contribution is 7.16. The molecular formula is C18H18N2O2S. The van der Waals surface area contributed by atoms with E-state index in [1.54, 1.807) is 0 Å². The smallest absolute Gasteiger partial charge is 0.286 e. The zero-order chi connectivity index (χ0) is 16.4. The second-order valence-corrected chi connectivity index (χ2v) is 6.41. The Kier molecular flexibility index (Phi) is 4.30. The molecule has 0 radical (unpaired) electrons. The SMILES string of the molecule is Cc1cccc(OCC(=O)N=c2sc3ccccc3n2C)c1C. The normalized spacial score (nSPS) is 11.9. The fourth-order valence-corrected chi connectivity index (χ4v) is 3.38. The Bertz CT molecular complexity index is 938. The van der Waals surface area contributed by atoms with Gasteiger partial charge in [0.05, 0.1) is 10.2 Å². The van der Waals surface area contributed by atoms with Crippen molar-refractivity contribution < 1.29 is 9.53 Å². The van der Waals surface area contributed by atoms with Crippen molar-refractivity contribution in [2.75, 3.05) is 6.61 Å². The fraction of sp³-hybridized carbons (Fsp3) is 0.222. The Balaban J connectivity index is 1.80. The Labute approximate surface area is 138 Å². The molecule has 1 amide bonds. The van der Waals surface area contributed by atoms with E-state index in [0.29, 0.717) is 4.80 Å². The molecule has 0 aliphatic rings. The number of hydrogen-bond donors (Lipinski definition) is 0. The Morgan fingerprint density at radius 3 is 2.74 bits per heavy atom. The summed E-state index contributed by atoms with van der Waals surface area (Å²) >= 11 is 1.50. The summed E-state index contributed by atoms with van der Waals surface area (Å²) in [5, 5.41) is 0. The van der Waals surface area contributed by atoms with E-state index < -0.39 is 0 Å². The van der Waals surface area contributed by atoms with Crippen LogP contribution >= 0.6 is 11.3 Å². The predicted molar refractivity (Wildman–Crippen MR) is 92.8 cm³/mol. The van der Waals surface area contributed by atoms with E-state index in [1.807, 2.05) is 67.9 Å². The number of rotatable bonds is 3. The van der Waals surface area contributed by atoms with Crippen LogP contribution in [0.4, 0.5) is 0 Å². The lowest BCUT2D eigenvalue weighted by Gasteiger charge is -2.08. The summed E-state index contributed by atoms with van der Waals surface area (Å²) in [5.74, 6) is 0.447. The molecule has 3 aromatic rings. The van der Waals surface area contributed by atoms with Crippen molar-refractivity contribution in [1.82, 2.24) is 4.57 Å². The Morgan fingerprint density at radius 2 is 1.96 bits per heavy atom. The molecule has 0 saturated heterocycles. The molecule has 23 heavy (non-hydrogen) atoms. The average Bonchev–Trinajstić information content (AvgIpc) is 2.85.